The van der Waals surface area contributed by atoms with Crippen molar-refractivity contribution in [2.45, 2.75) is 6.54 Å². The molecular formula is C12H13F2N3. The zero-order valence-corrected chi connectivity index (χ0v) is 9.67. The standard InChI is InChI=1S/C12H13F2N3/c1-15-7-12-16-6-11(17(12)2)9-5-8(13)3-4-10(9)14/h3-6,15H,7H2,1-2H3. The number of hydrogen-bond donors (Lipinski definition) is 1. The van der Waals surface area contributed by atoms with Crippen molar-refractivity contribution in [1.29, 1.82) is 0 Å². The Labute approximate surface area is 98.1 Å². The fourth-order valence-corrected chi connectivity index (χ4v) is 1.71. The first kappa shape index (κ1) is 11.7. The number of nitrogens with one attached hydrogen (secondary N) is 1. The van der Waals surface area contributed by atoms with Crippen LogP contribution in [0.2, 0.25) is 0 Å². The third-order valence-corrected chi connectivity index (χ3v) is 2.62. The summed E-state index contributed by atoms with van der Waals surface area (Å²) < 4.78 is 28.5. The molecule has 1 aromatic carbocycles. The number of benzene rings is 1. The first-order valence-electron chi connectivity index (χ1n) is 5.24. The minimum absolute atomic E-state index is 0.224. The number of aromatic nitrogens is 2. The SMILES string of the molecule is CNCc1ncc(-c2cc(F)ccc2F)n1C. The van der Waals surface area contributed by atoms with Crippen molar-refractivity contribution in [3.8, 4) is 11.3 Å². The van der Waals surface area contributed by atoms with Gasteiger partial charge in [-0.25, -0.2) is 13.8 Å². The van der Waals surface area contributed by atoms with Gasteiger partial charge in [-0.05, 0) is 25.2 Å². The van der Waals surface area contributed by atoms with E-state index in [2.05, 4.69) is 10.3 Å². The van der Waals surface area contributed by atoms with Crippen LogP contribution < -0.4 is 5.32 Å². The Morgan fingerprint density at radius 1 is 1.35 bits per heavy atom. The molecule has 0 saturated heterocycles. The smallest absolute Gasteiger partial charge is 0.132 e. The van der Waals surface area contributed by atoms with Gasteiger partial charge in [-0.3, -0.25) is 0 Å². The van der Waals surface area contributed by atoms with E-state index < -0.39 is 11.6 Å². The van der Waals surface area contributed by atoms with Crippen molar-refractivity contribution >= 4 is 0 Å². The predicted octanol–water partition coefficient (Wildman–Crippen LogP) is 2.08. The van der Waals surface area contributed by atoms with E-state index in [1.54, 1.807) is 24.9 Å². The summed E-state index contributed by atoms with van der Waals surface area (Å²) in [5.74, 6) is -0.144. The van der Waals surface area contributed by atoms with Gasteiger partial charge in [-0.2, -0.15) is 0 Å². The molecule has 5 heteroatoms. The summed E-state index contributed by atoms with van der Waals surface area (Å²) in [6, 6.07) is 3.40. The van der Waals surface area contributed by atoms with Crippen molar-refractivity contribution in [2.75, 3.05) is 7.05 Å². The van der Waals surface area contributed by atoms with Crippen LogP contribution in [0, 0.1) is 11.6 Å². The minimum Gasteiger partial charge on any atom is -0.330 e. The molecule has 0 amide bonds. The minimum atomic E-state index is -0.460. The van der Waals surface area contributed by atoms with Crippen molar-refractivity contribution < 1.29 is 8.78 Å². The van der Waals surface area contributed by atoms with Crippen LogP contribution >= 0.6 is 0 Å². The third kappa shape index (κ3) is 2.19. The molecule has 1 heterocycles. The van der Waals surface area contributed by atoms with Gasteiger partial charge in [0.1, 0.15) is 17.5 Å². The lowest BCUT2D eigenvalue weighted by molar-refractivity contribution is 0.601. The van der Waals surface area contributed by atoms with Crippen molar-refractivity contribution in [3.05, 3.63) is 41.9 Å². The van der Waals surface area contributed by atoms with E-state index >= 15 is 0 Å². The molecule has 0 spiro atoms. The van der Waals surface area contributed by atoms with E-state index in [0.29, 0.717) is 12.2 Å². The lowest BCUT2D eigenvalue weighted by Crippen LogP contribution is -2.10. The van der Waals surface area contributed by atoms with Crippen LogP contribution in [-0.2, 0) is 13.6 Å². The molecule has 17 heavy (non-hydrogen) atoms. The highest BCUT2D eigenvalue weighted by Gasteiger charge is 2.12. The summed E-state index contributed by atoms with van der Waals surface area (Å²) in [7, 11) is 3.58. The molecular weight excluding hydrogens is 224 g/mol. The third-order valence-electron chi connectivity index (χ3n) is 2.62. The molecule has 0 fully saturated rings. The maximum absolute atomic E-state index is 13.6. The Balaban J connectivity index is 2.49. The van der Waals surface area contributed by atoms with Gasteiger partial charge in [-0.1, -0.05) is 0 Å². The number of halogens is 2. The van der Waals surface area contributed by atoms with Crippen LogP contribution in [0.25, 0.3) is 11.3 Å². The topological polar surface area (TPSA) is 29.9 Å². The molecule has 2 aromatic rings. The molecule has 1 aromatic heterocycles. The summed E-state index contributed by atoms with van der Waals surface area (Å²) in [5, 5.41) is 2.96. The number of hydrogen-bond acceptors (Lipinski definition) is 2. The molecule has 3 nitrogen and oxygen atoms in total. The monoisotopic (exact) mass is 237 g/mol. The Morgan fingerprint density at radius 3 is 2.82 bits per heavy atom. The van der Waals surface area contributed by atoms with Crippen LogP contribution in [0.15, 0.2) is 24.4 Å². The van der Waals surface area contributed by atoms with Crippen LogP contribution in [0.3, 0.4) is 0 Å². The maximum atomic E-state index is 13.6. The molecule has 0 saturated carbocycles. The largest absolute Gasteiger partial charge is 0.330 e. The molecule has 0 atom stereocenters. The zero-order chi connectivity index (χ0) is 12.4. The summed E-state index contributed by atoms with van der Waals surface area (Å²) in [6.45, 7) is 0.577. The van der Waals surface area contributed by atoms with Gasteiger partial charge in [0.25, 0.3) is 0 Å². The molecule has 0 radical (unpaired) electrons. The van der Waals surface area contributed by atoms with Gasteiger partial charge < -0.3 is 9.88 Å². The van der Waals surface area contributed by atoms with Crippen molar-refractivity contribution in [3.63, 3.8) is 0 Å². The normalized spacial score (nSPS) is 10.8. The Bertz CT molecular complexity index is 535. The van der Waals surface area contributed by atoms with Gasteiger partial charge in [0.15, 0.2) is 0 Å². The van der Waals surface area contributed by atoms with E-state index in [-0.39, 0.29) is 5.56 Å². The Kier molecular flexibility index (Phi) is 3.19. The van der Waals surface area contributed by atoms with Crippen molar-refractivity contribution in [1.82, 2.24) is 14.9 Å². The van der Waals surface area contributed by atoms with Gasteiger partial charge in [-0.15, -0.1) is 0 Å². The van der Waals surface area contributed by atoms with Gasteiger partial charge in [0.05, 0.1) is 18.4 Å². The maximum Gasteiger partial charge on any atom is 0.132 e. The quantitative estimate of drug-likeness (QED) is 0.885. The van der Waals surface area contributed by atoms with Crippen LogP contribution in [-0.4, -0.2) is 16.6 Å². The Hall–Kier alpha value is -1.75. The molecule has 0 aliphatic carbocycles. The summed E-state index contributed by atoms with van der Waals surface area (Å²) in [5.41, 5.74) is 0.787. The second-order valence-corrected chi connectivity index (χ2v) is 3.77. The van der Waals surface area contributed by atoms with Crippen LogP contribution in [0.4, 0.5) is 8.78 Å². The van der Waals surface area contributed by atoms with Crippen LogP contribution in [0.5, 0.6) is 0 Å². The Morgan fingerprint density at radius 2 is 2.12 bits per heavy atom. The van der Waals surface area contributed by atoms with Crippen molar-refractivity contribution in [2.24, 2.45) is 7.05 Å². The number of rotatable bonds is 3. The van der Waals surface area contributed by atoms with E-state index in [9.17, 15) is 8.78 Å². The average Bonchev–Trinajstić information content (AvgIpc) is 2.65. The predicted molar refractivity (Wildman–Crippen MR) is 61.3 cm³/mol. The molecule has 2 rings (SSSR count). The zero-order valence-electron chi connectivity index (χ0n) is 9.67. The molecule has 1 N–H and O–H groups in total. The molecule has 0 bridgehead atoms. The first-order chi connectivity index (χ1) is 8.13. The number of nitrogens with zero attached hydrogens (tertiary/aromatic N) is 2. The highest BCUT2D eigenvalue weighted by molar-refractivity contribution is 5.60. The van der Waals surface area contributed by atoms with Gasteiger partial charge >= 0.3 is 0 Å². The highest BCUT2D eigenvalue weighted by Crippen LogP contribution is 2.23. The second kappa shape index (κ2) is 4.63. The van der Waals surface area contributed by atoms with Crippen LogP contribution in [0.1, 0.15) is 5.82 Å². The second-order valence-electron chi connectivity index (χ2n) is 3.77. The number of imidazole rings is 1. The van der Waals surface area contributed by atoms with E-state index in [4.69, 9.17) is 0 Å². The highest BCUT2D eigenvalue weighted by atomic mass is 19.1. The van der Waals surface area contributed by atoms with E-state index in [0.717, 1.165) is 18.0 Å². The first-order valence-corrected chi connectivity index (χ1v) is 5.24. The molecule has 0 unspecified atom stereocenters. The summed E-state index contributed by atoms with van der Waals surface area (Å²) in [6.07, 6.45) is 1.55. The lowest BCUT2D eigenvalue weighted by atomic mass is 10.1. The average molecular weight is 237 g/mol. The lowest BCUT2D eigenvalue weighted by Gasteiger charge is -2.06. The van der Waals surface area contributed by atoms with E-state index in [1.807, 2.05) is 0 Å². The fourth-order valence-electron chi connectivity index (χ4n) is 1.71. The molecule has 90 valence electrons. The van der Waals surface area contributed by atoms with Gasteiger partial charge in [0.2, 0.25) is 0 Å². The molecule has 0 aliphatic heterocycles. The molecule has 0 aliphatic rings. The summed E-state index contributed by atoms with van der Waals surface area (Å²) >= 11 is 0. The van der Waals surface area contributed by atoms with Gasteiger partial charge in [0, 0.05) is 12.6 Å². The van der Waals surface area contributed by atoms with E-state index in [1.165, 1.54) is 6.07 Å². The summed E-state index contributed by atoms with van der Waals surface area (Å²) in [4.78, 5) is 4.16. The fraction of sp³-hybridized carbons (Fsp3) is 0.250.